The fourth-order valence-electron chi connectivity index (χ4n) is 3.98. The van der Waals surface area contributed by atoms with Gasteiger partial charge >= 0.3 is 7.60 Å². The maximum Gasteiger partial charge on any atom is 0.351 e. The molecule has 2 aromatic rings. The summed E-state index contributed by atoms with van der Waals surface area (Å²) in [5.41, 5.74) is -0.305. The summed E-state index contributed by atoms with van der Waals surface area (Å²) in [6.45, 7) is 10.5. The Labute approximate surface area is 207 Å². The van der Waals surface area contributed by atoms with Gasteiger partial charge in [0, 0.05) is 11.7 Å². The molecule has 2 aliphatic rings. The monoisotopic (exact) mass is 525 g/mol. The molecule has 0 radical (unpaired) electrons. The van der Waals surface area contributed by atoms with Crippen molar-refractivity contribution in [3.05, 3.63) is 28.6 Å². The van der Waals surface area contributed by atoms with Crippen molar-refractivity contribution in [2.24, 2.45) is 5.92 Å². The van der Waals surface area contributed by atoms with E-state index >= 15 is 0 Å². The normalized spacial score (nSPS) is 28.0. The molecule has 0 spiro atoms. The number of nitrogens with zero attached hydrogens (tertiary/aromatic N) is 3. The van der Waals surface area contributed by atoms with E-state index in [2.05, 4.69) is 20.3 Å². The fourth-order valence-corrected chi connectivity index (χ4v) is 5.10. The second kappa shape index (κ2) is 9.81. The summed E-state index contributed by atoms with van der Waals surface area (Å²) in [7, 11) is -4.01. The van der Waals surface area contributed by atoms with Gasteiger partial charge in [-0.15, -0.1) is 0 Å². The molecule has 13 nitrogen and oxygen atoms in total. The number of ether oxygens (including phenoxy) is 3. The van der Waals surface area contributed by atoms with Crippen LogP contribution in [0.3, 0.4) is 0 Å². The minimum Gasteiger partial charge on any atom is -0.345 e. The first kappa shape index (κ1) is 26.6. The van der Waals surface area contributed by atoms with Crippen LogP contribution in [0.1, 0.15) is 54.2 Å². The minimum atomic E-state index is -4.01. The summed E-state index contributed by atoms with van der Waals surface area (Å²) >= 11 is 0. The lowest BCUT2D eigenvalue weighted by Crippen LogP contribution is -2.28. The fraction of sp³-hybridized carbons (Fsp3) is 0.636. The number of aromatic amines is 1. The Bertz CT molecular complexity index is 1270. The maximum atomic E-state index is 12.6. The van der Waals surface area contributed by atoms with Gasteiger partial charge in [-0.05, 0) is 33.3 Å². The maximum absolute atomic E-state index is 12.6. The van der Waals surface area contributed by atoms with E-state index in [1.807, 2.05) is 6.92 Å². The third kappa shape index (κ3) is 5.46. The number of anilines is 1. The van der Waals surface area contributed by atoms with E-state index in [-0.39, 0.29) is 28.9 Å². The molecule has 6 atom stereocenters. The molecule has 36 heavy (non-hydrogen) atoms. The first-order chi connectivity index (χ1) is 16.8. The predicted molar refractivity (Wildman–Crippen MR) is 129 cm³/mol. The first-order valence-corrected chi connectivity index (χ1v) is 13.4. The SMILES string of the molecule is CCC(C)OP(=O)(O)C=CC1OC(n2cnc3c(=O)[nH]c(NC(=O)C(C)C)nc32)C2OC(C)(C)OC12. The van der Waals surface area contributed by atoms with E-state index in [4.69, 9.17) is 18.7 Å². The summed E-state index contributed by atoms with van der Waals surface area (Å²) in [5, 5.41) is 2.58. The van der Waals surface area contributed by atoms with Gasteiger partial charge in [-0.3, -0.25) is 29.0 Å². The van der Waals surface area contributed by atoms with Crippen LogP contribution in [0.4, 0.5) is 5.95 Å². The Kier molecular flexibility index (Phi) is 7.26. The molecule has 4 heterocycles. The largest absolute Gasteiger partial charge is 0.351 e. The zero-order valence-corrected chi connectivity index (χ0v) is 21.9. The quantitative estimate of drug-likeness (QED) is 0.436. The van der Waals surface area contributed by atoms with E-state index < -0.39 is 49.6 Å². The number of H-pyrrole nitrogens is 1. The molecule has 2 aromatic heterocycles. The highest BCUT2D eigenvalue weighted by molar-refractivity contribution is 7.56. The highest BCUT2D eigenvalue weighted by atomic mass is 31.2. The molecule has 1 amide bonds. The van der Waals surface area contributed by atoms with Crippen molar-refractivity contribution in [2.45, 2.75) is 84.4 Å². The van der Waals surface area contributed by atoms with E-state index in [1.165, 1.54) is 17.0 Å². The summed E-state index contributed by atoms with van der Waals surface area (Å²) < 4.78 is 37.5. The third-order valence-electron chi connectivity index (χ3n) is 5.91. The van der Waals surface area contributed by atoms with Crippen LogP contribution in [0.15, 0.2) is 23.0 Å². The van der Waals surface area contributed by atoms with Crippen molar-refractivity contribution in [3.63, 3.8) is 0 Å². The zero-order valence-electron chi connectivity index (χ0n) is 21.0. The van der Waals surface area contributed by atoms with Gasteiger partial charge in [-0.2, -0.15) is 4.98 Å². The number of hydrogen-bond donors (Lipinski definition) is 3. The Morgan fingerprint density at radius 1 is 1.36 bits per heavy atom. The van der Waals surface area contributed by atoms with Crippen molar-refractivity contribution in [1.82, 2.24) is 19.5 Å². The van der Waals surface area contributed by atoms with Crippen molar-refractivity contribution in [1.29, 1.82) is 0 Å². The molecule has 2 saturated heterocycles. The van der Waals surface area contributed by atoms with Crippen LogP contribution in [0.25, 0.3) is 11.2 Å². The Hall–Kier alpha value is -2.41. The summed E-state index contributed by atoms with van der Waals surface area (Å²) in [6.07, 6.45) is 0.156. The van der Waals surface area contributed by atoms with Crippen LogP contribution >= 0.6 is 7.60 Å². The Morgan fingerprint density at radius 3 is 2.72 bits per heavy atom. The average Bonchev–Trinajstić information content (AvgIpc) is 3.42. The first-order valence-electron chi connectivity index (χ1n) is 11.8. The molecule has 198 valence electrons. The molecule has 0 bridgehead atoms. The molecular weight excluding hydrogens is 493 g/mol. The highest BCUT2D eigenvalue weighted by Crippen LogP contribution is 2.48. The third-order valence-corrected chi connectivity index (χ3v) is 7.12. The molecule has 4 rings (SSSR count). The van der Waals surface area contributed by atoms with Crippen LogP contribution in [0, 0.1) is 5.92 Å². The second-order valence-corrected chi connectivity index (χ2v) is 11.3. The molecule has 3 N–H and O–H groups in total. The molecule has 14 heteroatoms. The van der Waals surface area contributed by atoms with Crippen LogP contribution in [0.5, 0.6) is 0 Å². The summed E-state index contributed by atoms with van der Waals surface area (Å²) in [6, 6.07) is 0. The van der Waals surface area contributed by atoms with E-state index in [0.717, 1.165) is 5.82 Å². The number of aromatic nitrogens is 4. The lowest BCUT2D eigenvalue weighted by Gasteiger charge is -2.24. The lowest BCUT2D eigenvalue weighted by molar-refractivity contribution is -0.191. The minimum absolute atomic E-state index is 0.0220. The smallest absolute Gasteiger partial charge is 0.345 e. The molecule has 6 unspecified atom stereocenters. The predicted octanol–water partition coefficient (Wildman–Crippen LogP) is 2.65. The molecular formula is C22H32N5O8P. The number of fused-ring (bicyclic) bond motifs is 2. The summed E-state index contributed by atoms with van der Waals surface area (Å²) in [4.78, 5) is 46.0. The molecule has 0 saturated carbocycles. The molecule has 2 aliphatic heterocycles. The number of carbonyl (C=O) groups is 1. The van der Waals surface area contributed by atoms with Crippen LogP contribution in [0.2, 0.25) is 0 Å². The van der Waals surface area contributed by atoms with Gasteiger partial charge in [0.25, 0.3) is 5.56 Å². The van der Waals surface area contributed by atoms with Crippen molar-refractivity contribution in [2.75, 3.05) is 5.32 Å². The average molecular weight is 525 g/mol. The van der Waals surface area contributed by atoms with E-state index in [1.54, 1.807) is 34.6 Å². The number of amides is 1. The van der Waals surface area contributed by atoms with E-state index in [0.29, 0.717) is 6.42 Å². The van der Waals surface area contributed by atoms with Gasteiger partial charge < -0.3 is 23.6 Å². The van der Waals surface area contributed by atoms with Crippen molar-refractivity contribution >= 4 is 30.6 Å². The Morgan fingerprint density at radius 2 is 2.06 bits per heavy atom. The standard InChI is InChI=1S/C22H32N5O8P/c1-7-12(4)35-36(30,31)9-8-13-15-16(34-22(5,6)33-15)20(32-13)27-10-23-14-17(27)24-21(26-19(14)29)25-18(28)11(2)3/h8-13,15-16,20H,7H2,1-6H3,(H,30,31)(H2,24,25,26,28,29). The Balaban J connectivity index is 1.67. The summed E-state index contributed by atoms with van der Waals surface area (Å²) in [5.74, 6) is -0.510. The molecule has 0 aliphatic carbocycles. The lowest BCUT2D eigenvalue weighted by atomic mass is 10.1. The second-order valence-electron chi connectivity index (χ2n) is 9.67. The number of rotatable bonds is 8. The number of imidazole rings is 1. The topological polar surface area (TPSA) is 167 Å². The number of carbonyl (C=O) groups excluding carboxylic acids is 1. The van der Waals surface area contributed by atoms with Gasteiger partial charge in [-0.25, -0.2) is 4.98 Å². The van der Waals surface area contributed by atoms with Crippen molar-refractivity contribution in [3.8, 4) is 0 Å². The van der Waals surface area contributed by atoms with Gasteiger partial charge in [0.05, 0.1) is 12.4 Å². The van der Waals surface area contributed by atoms with Gasteiger partial charge in [0.2, 0.25) is 11.9 Å². The highest BCUT2D eigenvalue weighted by Gasteiger charge is 2.55. The number of nitrogens with one attached hydrogen (secondary N) is 2. The number of hydrogen-bond acceptors (Lipinski definition) is 9. The van der Waals surface area contributed by atoms with Crippen molar-refractivity contribution < 1.29 is 33.0 Å². The van der Waals surface area contributed by atoms with Crippen LogP contribution in [-0.4, -0.2) is 60.5 Å². The zero-order chi connectivity index (χ0) is 26.4. The van der Waals surface area contributed by atoms with E-state index in [9.17, 15) is 19.0 Å². The van der Waals surface area contributed by atoms with Crippen LogP contribution < -0.4 is 10.9 Å². The van der Waals surface area contributed by atoms with Gasteiger partial charge in [-0.1, -0.05) is 20.8 Å². The molecule has 2 fully saturated rings. The van der Waals surface area contributed by atoms with Crippen LogP contribution in [-0.2, 0) is 28.1 Å². The van der Waals surface area contributed by atoms with Gasteiger partial charge in [0.1, 0.15) is 18.3 Å². The molecule has 0 aromatic carbocycles. The van der Waals surface area contributed by atoms with Gasteiger partial charge in [0.15, 0.2) is 23.2 Å².